The third-order valence-corrected chi connectivity index (χ3v) is 6.26. The molecule has 4 rings (SSSR count). The van der Waals surface area contributed by atoms with Gasteiger partial charge in [-0.1, -0.05) is 54.1 Å². The molecule has 2 aromatic carbocycles. The Hall–Kier alpha value is -2.83. The number of nitrogens with one attached hydrogen (secondary N) is 2. The molecule has 0 aliphatic carbocycles. The number of urea groups is 1. The maximum Gasteiger partial charge on any atom is 0.338 e. The van der Waals surface area contributed by atoms with Gasteiger partial charge in [0.25, 0.3) is 0 Å². The molecule has 0 saturated carbocycles. The van der Waals surface area contributed by atoms with Crippen molar-refractivity contribution in [2.24, 2.45) is 0 Å². The lowest BCUT2D eigenvalue weighted by Crippen LogP contribution is -2.49. The Morgan fingerprint density at radius 1 is 1.12 bits per heavy atom. The van der Waals surface area contributed by atoms with E-state index in [2.05, 4.69) is 39.8 Å². The molecule has 2 aliphatic rings. The number of rotatable bonds is 6. The molecule has 0 unspecified atom stereocenters. The minimum atomic E-state index is -0.593. The molecule has 0 radical (unpaired) electrons. The van der Waals surface area contributed by atoms with Crippen molar-refractivity contribution in [3.8, 4) is 0 Å². The van der Waals surface area contributed by atoms with Crippen LogP contribution in [0.15, 0.2) is 65.9 Å². The highest BCUT2D eigenvalue weighted by atomic mass is 35.5. The van der Waals surface area contributed by atoms with Crippen molar-refractivity contribution in [2.75, 3.05) is 26.2 Å². The zero-order valence-corrected chi connectivity index (χ0v) is 18.9. The van der Waals surface area contributed by atoms with E-state index in [4.69, 9.17) is 16.3 Å². The summed E-state index contributed by atoms with van der Waals surface area (Å²) in [5, 5.41) is 6.35. The van der Waals surface area contributed by atoms with Crippen molar-refractivity contribution in [3.05, 3.63) is 82.0 Å². The molecule has 2 N–H and O–H groups in total. The largest absolute Gasteiger partial charge is 0.463 e. The zero-order valence-electron chi connectivity index (χ0n) is 18.1. The van der Waals surface area contributed by atoms with E-state index in [0.717, 1.165) is 31.5 Å². The third-order valence-electron chi connectivity index (χ3n) is 6.01. The van der Waals surface area contributed by atoms with E-state index in [1.54, 1.807) is 19.1 Å². The molecule has 2 aliphatic heterocycles. The van der Waals surface area contributed by atoms with Crippen LogP contribution in [0.4, 0.5) is 4.79 Å². The average molecular weight is 454 g/mol. The molecule has 7 heteroatoms. The van der Waals surface area contributed by atoms with Gasteiger partial charge >= 0.3 is 12.0 Å². The Labute approximate surface area is 193 Å². The molecule has 32 heavy (non-hydrogen) atoms. The second kappa shape index (κ2) is 10.2. The van der Waals surface area contributed by atoms with Gasteiger partial charge in [0.2, 0.25) is 0 Å². The molecule has 0 aromatic heterocycles. The second-order valence-electron chi connectivity index (χ2n) is 8.18. The fourth-order valence-corrected chi connectivity index (χ4v) is 4.64. The van der Waals surface area contributed by atoms with Crippen LogP contribution in [0.2, 0.25) is 5.02 Å². The molecule has 6 nitrogen and oxygen atoms in total. The number of ether oxygens (including phenoxy) is 1. The number of piperidine rings is 1. The van der Waals surface area contributed by atoms with Crippen LogP contribution in [0.5, 0.6) is 0 Å². The molecule has 1 saturated heterocycles. The van der Waals surface area contributed by atoms with Gasteiger partial charge in [0.05, 0.1) is 18.2 Å². The van der Waals surface area contributed by atoms with Gasteiger partial charge in [0, 0.05) is 23.8 Å². The summed E-state index contributed by atoms with van der Waals surface area (Å²) in [6.07, 6.45) is 2.19. The van der Waals surface area contributed by atoms with Gasteiger partial charge in [-0.25, -0.2) is 9.59 Å². The van der Waals surface area contributed by atoms with E-state index in [9.17, 15) is 9.59 Å². The van der Waals surface area contributed by atoms with Crippen LogP contribution in [0, 0.1) is 0 Å². The number of carbonyl (C=O) groups excluding carboxylic acids is 2. The smallest absolute Gasteiger partial charge is 0.338 e. The summed E-state index contributed by atoms with van der Waals surface area (Å²) in [4.78, 5) is 27.8. The second-order valence-corrected chi connectivity index (χ2v) is 8.62. The first kappa shape index (κ1) is 22.4. The highest BCUT2D eigenvalue weighted by Gasteiger charge is 2.35. The van der Waals surface area contributed by atoms with Gasteiger partial charge in [-0.15, -0.1) is 0 Å². The molecule has 1 fully saturated rings. The maximum atomic E-state index is 13.0. The molecular formula is C25H28ClN3O3. The molecule has 2 heterocycles. The molecular weight excluding hydrogens is 426 g/mol. The van der Waals surface area contributed by atoms with Crippen LogP contribution >= 0.6 is 11.6 Å². The first-order valence-corrected chi connectivity index (χ1v) is 11.4. The molecule has 2 aromatic rings. The number of hydrogen-bond acceptors (Lipinski definition) is 4. The summed E-state index contributed by atoms with van der Waals surface area (Å²) in [6, 6.07) is 16.7. The normalized spacial score (nSPS) is 21.6. The SMILES string of the molecule is CCOC(=O)C1=C(CN2CCC[C@@H](c3ccccc3)C2)NC(=O)N[C@@H]1c1ccc(Cl)cc1. The first-order chi connectivity index (χ1) is 15.5. The Morgan fingerprint density at radius 3 is 2.59 bits per heavy atom. The molecule has 2 atom stereocenters. The minimum absolute atomic E-state index is 0.261. The summed E-state index contributed by atoms with van der Waals surface area (Å²) < 4.78 is 5.37. The quantitative estimate of drug-likeness (QED) is 0.636. The van der Waals surface area contributed by atoms with Crippen LogP contribution in [0.25, 0.3) is 0 Å². The third kappa shape index (κ3) is 5.14. The number of nitrogens with zero attached hydrogens (tertiary/aromatic N) is 1. The topological polar surface area (TPSA) is 70.7 Å². The zero-order chi connectivity index (χ0) is 22.5. The maximum absolute atomic E-state index is 13.0. The summed E-state index contributed by atoms with van der Waals surface area (Å²) in [7, 11) is 0. The summed E-state index contributed by atoms with van der Waals surface area (Å²) in [6.45, 7) is 4.31. The van der Waals surface area contributed by atoms with E-state index in [0.29, 0.717) is 28.8 Å². The molecule has 2 amide bonds. The fourth-order valence-electron chi connectivity index (χ4n) is 4.52. The number of likely N-dealkylation sites (tertiary alicyclic amines) is 1. The van der Waals surface area contributed by atoms with Crippen molar-refractivity contribution in [1.29, 1.82) is 0 Å². The van der Waals surface area contributed by atoms with E-state index in [-0.39, 0.29) is 12.6 Å². The van der Waals surface area contributed by atoms with E-state index < -0.39 is 12.0 Å². The highest BCUT2D eigenvalue weighted by Crippen LogP contribution is 2.31. The number of amides is 2. The van der Waals surface area contributed by atoms with Crippen molar-refractivity contribution in [2.45, 2.75) is 31.7 Å². The predicted octanol–water partition coefficient (Wildman–Crippen LogP) is 4.39. The van der Waals surface area contributed by atoms with Gasteiger partial charge < -0.3 is 15.4 Å². The summed E-state index contributed by atoms with van der Waals surface area (Å²) >= 11 is 6.04. The monoisotopic (exact) mass is 453 g/mol. The number of esters is 1. The van der Waals surface area contributed by atoms with Crippen molar-refractivity contribution >= 4 is 23.6 Å². The van der Waals surface area contributed by atoms with Gasteiger partial charge in [0.15, 0.2) is 0 Å². The van der Waals surface area contributed by atoms with Crippen molar-refractivity contribution in [3.63, 3.8) is 0 Å². The Morgan fingerprint density at radius 2 is 1.88 bits per heavy atom. The number of carbonyl (C=O) groups is 2. The molecule has 0 spiro atoms. The molecule has 0 bridgehead atoms. The number of halogens is 1. The van der Waals surface area contributed by atoms with Crippen molar-refractivity contribution < 1.29 is 14.3 Å². The van der Waals surface area contributed by atoms with Gasteiger partial charge in [-0.05, 0) is 55.5 Å². The fraction of sp³-hybridized carbons (Fsp3) is 0.360. The Balaban J connectivity index is 1.63. The standard InChI is InChI=1S/C25H28ClN3O3/c1-2-32-24(30)22-21(27-25(31)28-23(22)18-10-12-20(26)13-11-18)16-29-14-6-9-19(15-29)17-7-4-3-5-8-17/h3-5,7-8,10-13,19,23H,2,6,9,14-16H2,1H3,(H2,27,28,31)/t19-,23-/m1/s1. The van der Waals surface area contributed by atoms with Crippen LogP contribution in [-0.2, 0) is 9.53 Å². The number of hydrogen-bond donors (Lipinski definition) is 2. The van der Waals surface area contributed by atoms with E-state index in [1.165, 1.54) is 5.56 Å². The lowest BCUT2D eigenvalue weighted by molar-refractivity contribution is -0.139. The van der Waals surface area contributed by atoms with Gasteiger partial charge in [0.1, 0.15) is 0 Å². The average Bonchev–Trinajstić information content (AvgIpc) is 2.80. The molecule has 168 valence electrons. The van der Waals surface area contributed by atoms with Crippen LogP contribution < -0.4 is 10.6 Å². The van der Waals surface area contributed by atoms with E-state index >= 15 is 0 Å². The van der Waals surface area contributed by atoms with Crippen LogP contribution in [0.1, 0.15) is 42.9 Å². The number of benzene rings is 2. The van der Waals surface area contributed by atoms with Gasteiger partial charge in [-0.3, -0.25) is 4.90 Å². The van der Waals surface area contributed by atoms with E-state index in [1.807, 2.05) is 18.2 Å². The minimum Gasteiger partial charge on any atom is -0.463 e. The first-order valence-electron chi connectivity index (χ1n) is 11.1. The lowest BCUT2D eigenvalue weighted by atomic mass is 9.90. The predicted molar refractivity (Wildman–Crippen MR) is 124 cm³/mol. The van der Waals surface area contributed by atoms with Crippen molar-refractivity contribution in [1.82, 2.24) is 15.5 Å². The van der Waals surface area contributed by atoms with Crippen LogP contribution in [-0.4, -0.2) is 43.1 Å². The van der Waals surface area contributed by atoms with Gasteiger partial charge in [-0.2, -0.15) is 0 Å². The summed E-state index contributed by atoms with van der Waals surface area (Å²) in [5.74, 6) is 0.00708. The Kier molecular flexibility index (Phi) is 7.12. The Bertz CT molecular complexity index is 991. The summed E-state index contributed by atoms with van der Waals surface area (Å²) in [5.41, 5.74) is 3.15. The lowest BCUT2D eigenvalue weighted by Gasteiger charge is -2.36. The highest BCUT2D eigenvalue weighted by molar-refractivity contribution is 6.30. The van der Waals surface area contributed by atoms with Crippen LogP contribution in [0.3, 0.4) is 0 Å².